The van der Waals surface area contributed by atoms with Crippen LogP contribution in [0.25, 0.3) is 21.0 Å². The van der Waals surface area contributed by atoms with Gasteiger partial charge in [0.15, 0.2) is 0 Å². The predicted molar refractivity (Wildman–Crippen MR) is 105 cm³/mol. The van der Waals surface area contributed by atoms with E-state index in [4.69, 9.17) is 0 Å². The number of hydrogen-bond acceptors (Lipinski definition) is 5. The number of thiophene rings is 1. The van der Waals surface area contributed by atoms with Crippen molar-refractivity contribution in [3.63, 3.8) is 0 Å². The first-order valence-corrected chi connectivity index (χ1v) is 9.14. The molecule has 6 nitrogen and oxygen atoms in total. The summed E-state index contributed by atoms with van der Waals surface area (Å²) in [4.78, 5) is 29.8. The topological polar surface area (TPSA) is 76.0 Å². The zero-order valence-electron chi connectivity index (χ0n) is 14.3. The van der Waals surface area contributed by atoms with Gasteiger partial charge in [-0.1, -0.05) is 18.2 Å². The molecular formula is C19H15FN4O2S. The summed E-state index contributed by atoms with van der Waals surface area (Å²) in [7, 11) is 0. The minimum absolute atomic E-state index is 0.191. The second-order valence-corrected chi connectivity index (χ2v) is 6.93. The van der Waals surface area contributed by atoms with Crippen LogP contribution in [-0.2, 0) is 6.54 Å². The summed E-state index contributed by atoms with van der Waals surface area (Å²) in [5.41, 5.74) is 5.60. The molecule has 4 rings (SSSR count). The molecule has 0 aliphatic heterocycles. The van der Waals surface area contributed by atoms with E-state index in [2.05, 4.69) is 15.8 Å². The van der Waals surface area contributed by atoms with Crippen molar-refractivity contribution in [2.75, 3.05) is 5.43 Å². The number of nitrogens with one attached hydrogen (secondary N) is 2. The van der Waals surface area contributed by atoms with E-state index in [9.17, 15) is 14.0 Å². The number of hydrogen-bond donors (Lipinski definition) is 2. The average molecular weight is 382 g/mol. The number of anilines is 1. The molecule has 2 aromatic heterocycles. The number of fused-ring (bicyclic) bond motifs is 2. The summed E-state index contributed by atoms with van der Waals surface area (Å²) >= 11 is 1.19. The molecule has 0 aliphatic carbocycles. The molecule has 0 atom stereocenters. The molecule has 0 saturated carbocycles. The fourth-order valence-corrected chi connectivity index (χ4v) is 3.84. The van der Waals surface area contributed by atoms with Crippen molar-refractivity contribution in [1.82, 2.24) is 15.0 Å². The summed E-state index contributed by atoms with van der Waals surface area (Å²) in [5, 5.41) is 0.915. The maximum atomic E-state index is 13.8. The molecular weight excluding hydrogens is 367 g/mol. The summed E-state index contributed by atoms with van der Waals surface area (Å²) in [6, 6.07) is 13.2. The first-order chi connectivity index (χ1) is 13.1. The molecule has 1 amide bonds. The van der Waals surface area contributed by atoms with Crippen LogP contribution in [0.2, 0.25) is 0 Å². The second-order valence-electron chi connectivity index (χ2n) is 5.84. The number of carbonyl (C=O) groups is 1. The van der Waals surface area contributed by atoms with Crippen molar-refractivity contribution in [1.29, 1.82) is 0 Å². The van der Waals surface area contributed by atoms with E-state index in [0.29, 0.717) is 32.4 Å². The highest BCUT2D eigenvalue weighted by molar-refractivity contribution is 7.20. The van der Waals surface area contributed by atoms with Crippen molar-refractivity contribution in [2.45, 2.75) is 13.5 Å². The highest BCUT2D eigenvalue weighted by Crippen LogP contribution is 2.27. The maximum Gasteiger partial charge on any atom is 0.279 e. The Kier molecular flexibility index (Phi) is 4.33. The number of nitrogens with zero attached hydrogens (tertiary/aromatic N) is 2. The van der Waals surface area contributed by atoms with Gasteiger partial charge in [0.1, 0.15) is 5.82 Å². The molecule has 0 bridgehead atoms. The summed E-state index contributed by atoms with van der Waals surface area (Å²) in [5.74, 6) is -0.561. The molecule has 4 aromatic rings. The van der Waals surface area contributed by atoms with E-state index in [1.165, 1.54) is 28.0 Å². The smallest absolute Gasteiger partial charge is 0.277 e. The number of para-hydroxylation sites is 1. The van der Waals surface area contributed by atoms with Gasteiger partial charge in [0, 0.05) is 16.6 Å². The van der Waals surface area contributed by atoms with E-state index in [-0.39, 0.29) is 17.3 Å². The van der Waals surface area contributed by atoms with Gasteiger partial charge in [0.25, 0.3) is 11.5 Å². The van der Waals surface area contributed by atoms with Crippen LogP contribution in [0.3, 0.4) is 0 Å². The van der Waals surface area contributed by atoms with Crippen molar-refractivity contribution in [3.8, 4) is 0 Å². The van der Waals surface area contributed by atoms with Crippen LogP contribution in [0.1, 0.15) is 16.6 Å². The van der Waals surface area contributed by atoms with E-state index >= 15 is 0 Å². The van der Waals surface area contributed by atoms with Crippen LogP contribution in [0, 0.1) is 5.82 Å². The molecule has 2 heterocycles. The Morgan fingerprint density at radius 1 is 1.19 bits per heavy atom. The van der Waals surface area contributed by atoms with Crippen LogP contribution in [-0.4, -0.2) is 15.5 Å². The number of carbonyl (C=O) groups excluding carboxylic acids is 1. The van der Waals surface area contributed by atoms with Crippen LogP contribution in [0.5, 0.6) is 0 Å². The van der Waals surface area contributed by atoms with E-state index < -0.39 is 5.91 Å². The predicted octanol–water partition coefficient (Wildman–Crippen LogP) is 3.53. The van der Waals surface area contributed by atoms with Crippen LogP contribution >= 0.6 is 11.3 Å². The molecule has 0 fully saturated rings. The number of amides is 1. The highest BCUT2D eigenvalue weighted by atomic mass is 32.1. The first kappa shape index (κ1) is 17.2. The second kappa shape index (κ2) is 6.81. The lowest BCUT2D eigenvalue weighted by Gasteiger charge is -2.13. The Bertz CT molecular complexity index is 1230. The number of hydrazine groups is 1. The number of aromatic nitrogens is 2. The lowest BCUT2D eigenvalue weighted by atomic mass is 10.2. The Morgan fingerprint density at radius 2 is 2.00 bits per heavy atom. The third-order valence-corrected chi connectivity index (χ3v) is 5.30. The zero-order chi connectivity index (χ0) is 19.0. The van der Waals surface area contributed by atoms with Gasteiger partial charge in [-0.2, -0.15) is 0 Å². The Hall–Kier alpha value is -3.26. The van der Waals surface area contributed by atoms with Crippen molar-refractivity contribution in [3.05, 3.63) is 69.6 Å². The maximum absolute atomic E-state index is 13.8. The summed E-state index contributed by atoms with van der Waals surface area (Å²) in [6.45, 7) is 2.21. The van der Waals surface area contributed by atoms with Crippen molar-refractivity contribution >= 4 is 44.2 Å². The number of benzene rings is 2. The number of rotatable bonds is 4. The molecule has 0 spiro atoms. The molecule has 0 saturated heterocycles. The van der Waals surface area contributed by atoms with Gasteiger partial charge >= 0.3 is 0 Å². The fourth-order valence-electron chi connectivity index (χ4n) is 2.87. The van der Waals surface area contributed by atoms with Gasteiger partial charge in [-0.15, -0.1) is 11.3 Å². The van der Waals surface area contributed by atoms with Crippen molar-refractivity contribution < 1.29 is 9.18 Å². The monoisotopic (exact) mass is 382 g/mol. The lowest BCUT2D eigenvalue weighted by Crippen LogP contribution is -2.34. The normalized spacial score (nSPS) is 11.0. The fraction of sp³-hybridized carbons (Fsp3) is 0.105. The lowest BCUT2D eigenvalue weighted by molar-refractivity contribution is 0.0966. The zero-order valence-corrected chi connectivity index (χ0v) is 15.1. The van der Waals surface area contributed by atoms with Crippen LogP contribution in [0.4, 0.5) is 10.3 Å². The molecule has 2 aromatic carbocycles. The van der Waals surface area contributed by atoms with Gasteiger partial charge in [-0.3, -0.25) is 25.0 Å². The largest absolute Gasteiger partial charge is 0.279 e. The Labute approximate surface area is 157 Å². The van der Waals surface area contributed by atoms with Gasteiger partial charge in [0.2, 0.25) is 5.95 Å². The van der Waals surface area contributed by atoms with E-state index in [1.54, 1.807) is 36.4 Å². The molecule has 27 heavy (non-hydrogen) atoms. The third-order valence-electron chi connectivity index (χ3n) is 4.20. The quantitative estimate of drug-likeness (QED) is 0.530. The molecule has 0 unspecified atom stereocenters. The van der Waals surface area contributed by atoms with Crippen LogP contribution in [0.15, 0.2) is 53.3 Å². The van der Waals surface area contributed by atoms with Gasteiger partial charge < -0.3 is 0 Å². The number of halogens is 1. The summed E-state index contributed by atoms with van der Waals surface area (Å²) < 4.78 is 15.9. The van der Waals surface area contributed by atoms with E-state index in [0.717, 1.165) is 0 Å². The standard InChI is InChI=1S/C19H15FN4O2S/c1-2-24-18(26)11-6-3-4-8-14(11)21-19(24)23-22-17(25)16-10-12-13(20)7-5-9-15(12)27-16/h3-10H,2H2,1H3,(H,21,23)(H,22,25). The first-order valence-electron chi connectivity index (χ1n) is 8.32. The van der Waals surface area contributed by atoms with Gasteiger partial charge in [0.05, 0.1) is 15.8 Å². The summed E-state index contributed by atoms with van der Waals surface area (Å²) in [6.07, 6.45) is 0. The van der Waals surface area contributed by atoms with Crippen LogP contribution < -0.4 is 16.4 Å². The molecule has 8 heteroatoms. The Morgan fingerprint density at radius 3 is 2.78 bits per heavy atom. The minimum Gasteiger partial charge on any atom is -0.277 e. The Balaban J connectivity index is 1.63. The van der Waals surface area contributed by atoms with Gasteiger partial charge in [-0.25, -0.2) is 9.37 Å². The van der Waals surface area contributed by atoms with E-state index in [1.807, 2.05) is 6.92 Å². The third kappa shape index (κ3) is 3.04. The van der Waals surface area contributed by atoms with Crippen molar-refractivity contribution in [2.24, 2.45) is 0 Å². The molecule has 136 valence electrons. The highest BCUT2D eigenvalue weighted by Gasteiger charge is 2.14. The molecule has 0 aliphatic rings. The molecule has 2 N–H and O–H groups in total. The SMILES string of the molecule is CCn1c(NNC(=O)c2cc3c(F)cccc3s2)nc2ccccc2c1=O. The average Bonchev–Trinajstić information content (AvgIpc) is 3.12. The van der Waals surface area contributed by atoms with Gasteiger partial charge in [-0.05, 0) is 37.3 Å². The molecule has 0 radical (unpaired) electrons. The minimum atomic E-state index is -0.430.